The molecule has 0 spiro atoms. The highest BCUT2D eigenvalue weighted by Crippen LogP contribution is 2.49. The lowest BCUT2D eigenvalue weighted by Crippen LogP contribution is -2.27. The Bertz CT molecular complexity index is 784. The third-order valence-corrected chi connectivity index (χ3v) is 5.75. The Kier molecular flexibility index (Phi) is 4.78. The van der Waals surface area contributed by atoms with E-state index in [1.165, 1.54) is 31.9 Å². The van der Waals surface area contributed by atoms with E-state index in [1.807, 2.05) is 24.3 Å². The number of hydrogen-bond acceptors (Lipinski definition) is 3. The zero-order chi connectivity index (χ0) is 17.9. The molecular formula is C21H24N2O3. The predicted octanol–water partition coefficient (Wildman–Crippen LogP) is 3.97. The molecule has 2 aliphatic carbocycles. The van der Waals surface area contributed by atoms with Crippen molar-refractivity contribution in [3.63, 3.8) is 0 Å². The Morgan fingerprint density at radius 3 is 2.77 bits per heavy atom. The smallest absolute Gasteiger partial charge is 0.291 e. The molecule has 2 N–H and O–H groups in total. The number of hydrogen-bond donors (Lipinski definition) is 2. The van der Waals surface area contributed by atoms with Crippen LogP contribution >= 0.6 is 0 Å². The van der Waals surface area contributed by atoms with E-state index >= 15 is 0 Å². The minimum Gasteiger partial charge on any atom is -0.459 e. The van der Waals surface area contributed by atoms with Crippen molar-refractivity contribution in [1.29, 1.82) is 0 Å². The van der Waals surface area contributed by atoms with E-state index in [2.05, 4.69) is 10.6 Å². The molecule has 4 rings (SSSR count). The van der Waals surface area contributed by atoms with Crippen LogP contribution in [-0.2, 0) is 11.3 Å². The first kappa shape index (κ1) is 16.9. The maximum Gasteiger partial charge on any atom is 0.291 e. The summed E-state index contributed by atoms with van der Waals surface area (Å²) in [6.45, 7) is 0.476. The van der Waals surface area contributed by atoms with Crippen LogP contribution in [0.2, 0.25) is 0 Å². The number of anilines is 1. The number of nitrogens with one attached hydrogen (secondary N) is 2. The van der Waals surface area contributed by atoms with Gasteiger partial charge in [0.1, 0.15) is 0 Å². The van der Waals surface area contributed by atoms with Crippen molar-refractivity contribution in [2.75, 3.05) is 5.32 Å². The molecule has 2 bridgehead atoms. The Hall–Kier alpha value is -2.56. The molecule has 3 unspecified atom stereocenters. The molecule has 2 aromatic rings. The summed E-state index contributed by atoms with van der Waals surface area (Å²) in [5.41, 5.74) is 1.65. The lowest BCUT2D eigenvalue weighted by molar-refractivity contribution is -0.122. The highest BCUT2D eigenvalue weighted by atomic mass is 16.3. The molecule has 3 atom stereocenters. The molecule has 1 heterocycles. The lowest BCUT2D eigenvalue weighted by Gasteiger charge is -2.20. The largest absolute Gasteiger partial charge is 0.459 e. The molecule has 0 saturated heterocycles. The van der Waals surface area contributed by atoms with Gasteiger partial charge in [0, 0.05) is 18.7 Å². The van der Waals surface area contributed by atoms with Gasteiger partial charge in [-0.15, -0.1) is 0 Å². The second kappa shape index (κ2) is 7.36. The maximum absolute atomic E-state index is 12.3. The average Bonchev–Trinajstić information content (AvgIpc) is 3.38. The van der Waals surface area contributed by atoms with Gasteiger partial charge in [-0.3, -0.25) is 9.59 Å². The Balaban J connectivity index is 1.28. The quantitative estimate of drug-likeness (QED) is 0.826. The van der Waals surface area contributed by atoms with Gasteiger partial charge < -0.3 is 15.1 Å². The number of carbonyl (C=O) groups is 2. The van der Waals surface area contributed by atoms with Crippen LogP contribution in [0.5, 0.6) is 0 Å². The Labute approximate surface area is 153 Å². The molecular weight excluding hydrogens is 328 g/mol. The first-order valence-corrected chi connectivity index (χ1v) is 9.38. The van der Waals surface area contributed by atoms with Crippen LogP contribution in [0.25, 0.3) is 0 Å². The molecule has 1 aromatic heterocycles. The summed E-state index contributed by atoms with van der Waals surface area (Å²) in [6.07, 6.45) is 7.34. The standard InChI is InChI=1S/C21H24N2O3/c24-20(12-17-10-14-6-7-16(17)9-14)22-13-15-3-1-4-18(11-15)23-21(25)19-5-2-8-26-19/h1-5,8,11,14,16-17H,6-7,9-10,12-13H2,(H,22,24)(H,23,25). The van der Waals surface area contributed by atoms with Gasteiger partial charge in [-0.1, -0.05) is 18.6 Å². The highest BCUT2D eigenvalue weighted by molar-refractivity contribution is 6.02. The van der Waals surface area contributed by atoms with Crippen LogP contribution in [0.15, 0.2) is 47.1 Å². The molecule has 136 valence electrons. The number of fused-ring (bicyclic) bond motifs is 2. The van der Waals surface area contributed by atoms with Crippen LogP contribution in [0.1, 0.15) is 48.2 Å². The summed E-state index contributed by atoms with van der Waals surface area (Å²) in [6, 6.07) is 10.8. The summed E-state index contributed by atoms with van der Waals surface area (Å²) >= 11 is 0. The van der Waals surface area contributed by atoms with Gasteiger partial charge in [-0.2, -0.15) is 0 Å². The van der Waals surface area contributed by atoms with Gasteiger partial charge in [0.2, 0.25) is 5.91 Å². The van der Waals surface area contributed by atoms with Crippen molar-refractivity contribution in [3.05, 3.63) is 54.0 Å². The Morgan fingerprint density at radius 2 is 2.04 bits per heavy atom. The highest BCUT2D eigenvalue weighted by Gasteiger charge is 2.39. The van der Waals surface area contributed by atoms with Crippen LogP contribution in [0, 0.1) is 17.8 Å². The molecule has 2 fully saturated rings. The monoisotopic (exact) mass is 352 g/mol. The minimum absolute atomic E-state index is 0.132. The van der Waals surface area contributed by atoms with Crippen LogP contribution < -0.4 is 10.6 Å². The number of furan rings is 1. The summed E-state index contributed by atoms with van der Waals surface area (Å²) < 4.78 is 5.09. The third-order valence-electron chi connectivity index (χ3n) is 5.75. The SMILES string of the molecule is O=C(CC1CC2CCC1C2)NCc1cccc(NC(=O)c2ccco2)c1. The Morgan fingerprint density at radius 1 is 1.12 bits per heavy atom. The van der Waals surface area contributed by atoms with Crippen molar-refractivity contribution in [1.82, 2.24) is 5.32 Å². The zero-order valence-electron chi connectivity index (χ0n) is 14.7. The predicted molar refractivity (Wildman–Crippen MR) is 98.5 cm³/mol. The fourth-order valence-corrected chi connectivity index (χ4v) is 4.50. The molecule has 2 aliphatic rings. The topological polar surface area (TPSA) is 71.3 Å². The zero-order valence-corrected chi connectivity index (χ0v) is 14.7. The maximum atomic E-state index is 12.3. The van der Waals surface area contributed by atoms with E-state index in [-0.39, 0.29) is 17.6 Å². The first-order chi connectivity index (χ1) is 12.7. The lowest BCUT2D eigenvalue weighted by atomic mass is 9.86. The second-order valence-corrected chi connectivity index (χ2v) is 7.55. The number of benzene rings is 1. The fourth-order valence-electron chi connectivity index (χ4n) is 4.50. The molecule has 5 heteroatoms. The molecule has 2 amide bonds. The van der Waals surface area contributed by atoms with Gasteiger partial charge in [0.25, 0.3) is 5.91 Å². The van der Waals surface area contributed by atoms with Crippen molar-refractivity contribution >= 4 is 17.5 Å². The average molecular weight is 352 g/mol. The summed E-state index contributed by atoms with van der Waals surface area (Å²) in [4.78, 5) is 24.3. The van der Waals surface area contributed by atoms with E-state index in [4.69, 9.17) is 4.42 Å². The van der Waals surface area contributed by atoms with Crippen molar-refractivity contribution < 1.29 is 14.0 Å². The van der Waals surface area contributed by atoms with Crippen LogP contribution in [0.3, 0.4) is 0 Å². The molecule has 5 nitrogen and oxygen atoms in total. The number of rotatable bonds is 6. The van der Waals surface area contributed by atoms with Crippen LogP contribution in [-0.4, -0.2) is 11.8 Å². The van der Waals surface area contributed by atoms with E-state index in [9.17, 15) is 9.59 Å². The third kappa shape index (κ3) is 3.82. The van der Waals surface area contributed by atoms with E-state index < -0.39 is 0 Å². The van der Waals surface area contributed by atoms with E-state index in [1.54, 1.807) is 12.1 Å². The molecule has 2 saturated carbocycles. The van der Waals surface area contributed by atoms with Crippen LogP contribution in [0.4, 0.5) is 5.69 Å². The van der Waals surface area contributed by atoms with E-state index in [0.29, 0.717) is 24.6 Å². The minimum atomic E-state index is -0.285. The first-order valence-electron chi connectivity index (χ1n) is 9.38. The summed E-state index contributed by atoms with van der Waals surface area (Å²) in [5.74, 6) is 2.33. The molecule has 1 aromatic carbocycles. The summed E-state index contributed by atoms with van der Waals surface area (Å²) in [7, 11) is 0. The molecule has 0 aliphatic heterocycles. The van der Waals surface area contributed by atoms with Gasteiger partial charge in [-0.25, -0.2) is 0 Å². The normalized spacial score (nSPS) is 23.8. The van der Waals surface area contributed by atoms with Gasteiger partial charge >= 0.3 is 0 Å². The van der Waals surface area contributed by atoms with Crippen molar-refractivity contribution in [2.24, 2.45) is 17.8 Å². The van der Waals surface area contributed by atoms with Gasteiger partial charge in [-0.05, 0) is 66.8 Å². The van der Waals surface area contributed by atoms with Crippen molar-refractivity contribution in [2.45, 2.75) is 38.6 Å². The molecule has 26 heavy (non-hydrogen) atoms. The fraction of sp³-hybridized carbons (Fsp3) is 0.429. The van der Waals surface area contributed by atoms with Gasteiger partial charge in [0.05, 0.1) is 6.26 Å². The summed E-state index contributed by atoms with van der Waals surface area (Å²) in [5, 5.41) is 5.83. The number of carbonyl (C=O) groups excluding carboxylic acids is 2. The van der Waals surface area contributed by atoms with Crippen molar-refractivity contribution in [3.8, 4) is 0 Å². The molecule has 0 radical (unpaired) electrons. The van der Waals surface area contributed by atoms with E-state index in [0.717, 1.165) is 17.4 Å². The van der Waals surface area contributed by atoms with Gasteiger partial charge in [0.15, 0.2) is 5.76 Å². The number of amides is 2. The second-order valence-electron chi connectivity index (χ2n) is 7.55.